The van der Waals surface area contributed by atoms with Crippen LogP contribution < -0.4 is 5.73 Å². The Labute approximate surface area is 138 Å². The van der Waals surface area contributed by atoms with E-state index in [0.717, 1.165) is 4.90 Å². The highest BCUT2D eigenvalue weighted by Crippen LogP contribution is 2.22. The zero-order valence-corrected chi connectivity index (χ0v) is 13.3. The zero-order chi connectivity index (χ0) is 17.1. The molecule has 0 bridgehead atoms. The molecule has 0 fully saturated rings. The number of hydrogen-bond donors (Lipinski definition) is 4. The Morgan fingerprint density at radius 1 is 1.52 bits per heavy atom. The highest BCUT2D eigenvalue weighted by Gasteiger charge is 2.34. The lowest BCUT2D eigenvalue weighted by Crippen LogP contribution is -2.46. The molecule has 1 aromatic carbocycles. The van der Waals surface area contributed by atoms with Crippen LogP contribution in [0.4, 0.5) is 0 Å². The topological polar surface area (TPSA) is 116 Å². The second-order valence-corrected chi connectivity index (χ2v) is 5.48. The Kier molecular flexibility index (Phi) is 5.07. The molecule has 23 heavy (non-hydrogen) atoms. The van der Waals surface area contributed by atoms with E-state index in [1.807, 2.05) is 0 Å². The number of amides is 1. The molecule has 1 aliphatic rings. The van der Waals surface area contributed by atoms with E-state index >= 15 is 0 Å². The van der Waals surface area contributed by atoms with Crippen molar-refractivity contribution in [2.24, 2.45) is 10.7 Å². The van der Waals surface area contributed by atoms with E-state index in [1.165, 1.54) is 12.1 Å². The number of amidine groups is 1. The fourth-order valence-corrected chi connectivity index (χ4v) is 2.31. The molecule has 2 rings (SSSR count). The van der Waals surface area contributed by atoms with Gasteiger partial charge in [0.2, 0.25) is 0 Å². The normalized spacial score (nSPS) is 17.5. The summed E-state index contributed by atoms with van der Waals surface area (Å²) in [6.07, 6.45) is 1.53. The Morgan fingerprint density at radius 2 is 2.22 bits per heavy atom. The molecule has 0 radical (unpaired) electrons. The smallest absolute Gasteiger partial charge is 0.323 e. The summed E-state index contributed by atoms with van der Waals surface area (Å²) >= 11 is 4.07. The summed E-state index contributed by atoms with van der Waals surface area (Å²) in [7, 11) is 0. The minimum absolute atomic E-state index is 0.101. The van der Waals surface area contributed by atoms with Crippen molar-refractivity contribution in [1.82, 2.24) is 4.90 Å². The third-order valence-electron chi connectivity index (χ3n) is 3.32. The van der Waals surface area contributed by atoms with Gasteiger partial charge < -0.3 is 15.9 Å². The molecular formula is C15H17N3O4S. The maximum atomic E-state index is 12.4. The van der Waals surface area contributed by atoms with Crippen LogP contribution >= 0.6 is 12.6 Å². The number of carboxylic acid groups (broad SMARTS) is 1. The van der Waals surface area contributed by atoms with Crippen molar-refractivity contribution in [2.45, 2.75) is 13.0 Å². The van der Waals surface area contributed by atoms with E-state index < -0.39 is 24.5 Å². The Morgan fingerprint density at radius 3 is 2.78 bits per heavy atom. The van der Waals surface area contributed by atoms with Crippen molar-refractivity contribution in [3.05, 3.63) is 35.0 Å². The quantitative estimate of drug-likeness (QED) is 0.465. The highest BCUT2D eigenvalue weighted by molar-refractivity contribution is 7.80. The van der Waals surface area contributed by atoms with Gasteiger partial charge in [0.25, 0.3) is 5.91 Å². The van der Waals surface area contributed by atoms with E-state index in [2.05, 4.69) is 17.6 Å². The van der Waals surface area contributed by atoms with Crippen LogP contribution in [0.3, 0.4) is 0 Å². The first-order valence-corrected chi connectivity index (χ1v) is 7.46. The fraction of sp³-hybridized carbons (Fsp3) is 0.267. The summed E-state index contributed by atoms with van der Waals surface area (Å²) in [4.78, 5) is 28.5. The molecule has 1 amide bonds. The largest absolute Gasteiger partial charge is 0.508 e. The van der Waals surface area contributed by atoms with Gasteiger partial charge >= 0.3 is 5.97 Å². The average Bonchev–Trinajstić information content (AvgIpc) is 2.79. The van der Waals surface area contributed by atoms with Gasteiger partial charge in [0.05, 0.1) is 6.04 Å². The third-order valence-corrected chi connectivity index (χ3v) is 3.72. The van der Waals surface area contributed by atoms with Gasteiger partial charge in [-0.15, -0.1) is 0 Å². The molecule has 7 nitrogen and oxygen atoms in total. The van der Waals surface area contributed by atoms with E-state index in [0.29, 0.717) is 11.1 Å². The maximum absolute atomic E-state index is 12.4. The Hall–Kier alpha value is -2.32. The van der Waals surface area contributed by atoms with E-state index in [-0.39, 0.29) is 23.0 Å². The lowest BCUT2D eigenvalue weighted by Gasteiger charge is -2.19. The fourth-order valence-electron chi connectivity index (χ4n) is 2.15. The van der Waals surface area contributed by atoms with Crippen LogP contribution in [-0.4, -0.2) is 51.2 Å². The molecule has 0 unspecified atom stereocenters. The van der Waals surface area contributed by atoms with E-state index in [1.54, 1.807) is 19.1 Å². The number of nitrogens with two attached hydrogens (primary N) is 1. The predicted molar refractivity (Wildman–Crippen MR) is 89.4 cm³/mol. The lowest BCUT2D eigenvalue weighted by molar-refractivity contribution is -0.140. The molecule has 1 aliphatic heterocycles. The summed E-state index contributed by atoms with van der Waals surface area (Å²) in [5.74, 6) is -1.11. The second-order valence-electron chi connectivity index (χ2n) is 5.12. The Balaban J connectivity index is 2.39. The van der Waals surface area contributed by atoms with Crippen LogP contribution in [0.2, 0.25) is 0 Å². The summed E-state index contributed by atoms with van der Waals surface area (Å²) in [5.41, 5.74) is 7.28. The van der Waals surface area contributed by atoms with Crippen LogP contribution in [0, 0.1) is 6.92 Å². The third kappa shape index (κ3) is 3.72. The minimum atomic E-state index is -1.15. The van der Waals surface area contributed by atoms with Crippen molar-refractivity contribution in [1.29, 1.82) is 0 Å². The molecule has 0 spiro atoms. The van der Waals surface area contributed by atoms with Gasteiger partial charge in [0.1, 0.15) is 23.8 Å². The lowest BCUT2D eigenvalue weighted by atomic mass is 10.1. The van der Waals surface area contributed by atoms with Crippen molar-refractivity contribution >= 4 is 36.4 Å². The monoisotopic (exact) mass is 335 g/mol. The van der Waals surface area contributed by atoms with Crippen LogP contribution in [0.15, 0.2) is 28.9 Å². The molecule has 4 N–H and O–H groups in total. The summed E-state index contributed by atoms with van der Waals surface area (Å²) in [5, 5.41) is 18.5. The predicted octanol–water partition coefficient (Wildman–Crippen LogP) is 0.624. The average molecular weight is 335 g/mol. The molecule has 1 aromatic rings. The number of nitrogens with zero attached hydrogens (tertiary/aromatic N) is 2. The molecule has 0 saturated carbocycles. The molecule has 1 heterocycles. The number of hydrogen-bond acceptors (Lipinski definition) is 6. The van der Waals surface area contributed by atoms with Gasteiger partial charge in [-0.1, -0.05) is 6.07 Å². The molecule has 8 heteroatoms. The van der Waals surface area contributed by atoms with Gasteiger partial charge in [-0.25, -0.2) is 4.99 Å². The molecule has 0 aromatic heterocycles. The number of aliphatic imine (C=N–C) groups is 1. The van der Waals surface area contributed by atoms with E-state index in [4.69, 9.17) is 10.8 Å². The van der Waals surface area contributed by atoms with Crippen molar-refractivity contribution in [3.63, 3.8) is 0 Å². The van der Waals surface area contributed by atoms with Crippen LogP contribution in [0.25, 0.3) is 6.08 Å². The van der Waals surface area contributed by atoms with Gasteiger partial charge in [0.15, 0.2) is 0 Å². The minimum Gasteiger partial charge on any atom is -0.508 e. The van der Waals surface area contributed by atoms with Gasteiger partial charge in [-0.3, -0.25) is 14.5 Å². The number of carboxylic acids is 1. The molecular weight excluding hydrogens is 318 g/mol. The first-order chi connectivity index (χ1) is 10.8. The summed E-state index contributed by atoms with van der Waals surface area (Å²) < 4.78 is 0. The van der Waals surface area contributed by atoms with Crippen molar-refractivity contribution < 1.29 is 19.8 Å². The SMILES string of the molecule is Cc1cc(/C=C2\N=C([C@@H](N)CS)N(CC(=O)O)C2=O)ccc1O. The Bertz CT molecular complexity index is 715. The van der Waals surface area contributed by atoms with Crippen LogP contribution in [0.1, 0.15) is 11.1 Å². The molecule has 0 saturated heterocycles. The first-order valence-electron chi connectivity index (χ1n) is 6.83. The number of carbonyl (C=O) groups is 2. The first kappa shape index (κ1) is 17.0. The highest BCUT2D eigenvalue weighted by atomic mass is 32.1. The number of benzene rings is 1. The maximum Gasteiger partial charge on any atom is 0.323 e. The summed E-state index contributed by atoms with van der Waals surface area (Å²) in [6, 6.07) is 4.20. The number of aliphatic carboxylic acids is 1. The number of aryl methyl sites for hydroxylation is 1. The standard InChI is InChI=1S/C15H17N3O4S/c1-8-4-9(2-3-12(8)19)5-11-15(22)18(6-13(20)21)14(17-11)10(16)7-23/h2-5,10,19,23H,6-7,16H2,1H3,(H,20,21)/b11-5-/t10-/m0/s1. The zero-order valence-electron chi connectivity index (χ0n) is 12.4. The number of rotatable bonds is 5. The number of thiol groups is 1. The van der Waals surface area contributed by atoms with Gasteiger partial charge in [-0.2, -0.15) is 12.6 Å². The number of aromatic hydroxyl groups is 1. The van der Waals surface area contributed by atoms with Gasteiger partial charge in [0, 0.05) is 5.75 Å². The molecule has 1 atom stereocenters. The number of phenolic OH excluding ortho intramolecular Hbond substituents is 1. The number of carbonyl (C=O) groups excluding carboxylic acids is 1. The molecule has 122 valence electrons. The van der Waals surface area contributed by atoms with Crippen LogP contribution in [-0.2, 0) is 9.59 Å². The summed E-state index contributed by atoms with van der Waals surface area (Å²) in [6.45, 7) is 1.22. The van der Waals surface area contributed by atoms with Crippen molar-refractivity contribution in [2.75, 3.05) is 12.3 Å². The van der Waals surface area contributed by atoms with E-state index in [9.17, 15) is 14.7 Å². The van der Waals surface area contributed by atoms with Crippen LogP contribution in [0.5, 0.6) is 5.75 Å². The number of phenols is 1. The van der Waals surface area contributed by atoms with Gasteiger partial charge in [-0.05, 0) is 36.3 Å². The van der Waals surface area contributed by atoms with Crippen molar-refractivity contribution in [3.8, 4) is 5.75 Å². The molecule has 0 aliphatic carbocycles. The second kappa shape index (κ2) is 6.84.